The number of amides is 2. The third-order valence-electron chi connectivity index (χ3n) is 6.42. The SMILES string of the molecule is CC(C)(C)c1ccc(C(=O)NCCC(=O)NC2CCCc3c2cnn3Cc2ccccc2)cc1. The fraction of sp³-hybridized carbons (Fsp3) is 0.393. The van der Waals surface area contributed by atoms with E-state index < -0.39 is 0 Å². The molecule has 1 unspecified atom stereocenters. The zero-order valence-electron chi connectivity index (χ0n) is 20.3. The number of carbonyl (C=O) groups excluding carboxylic acids is 2. The molecular formula is C28H34N4O2. The molecule has 0 bridgehead atoms. The lowest BCUT2D eigenvalue weighted by Crippen LogP contribution is -2.34. The highest BCUT2D eigenvalue weighted by Crippen LogP contribution is 2.30. The summed E-state index contributed by atoms with van der Waals surface area (Å²) >= 11 is 0. The van der Waals surface area contributed by atoms with Crippen LogP contribution in [0.5, 0.6) is 0 Å². The average Bonchev–Trinajstić information content (AvgIpc) is 3.23. The molecule has 2 amide bonds. The molecule has 0 spiro atoms. The van der Waals surface area contributed by atoms with E-state index in [9.17, 15) is 9.59 Å². The van der Waals surface area contributed by atoms with Crippen LogP contribution in [0.4, 0.5) is 0 Å². The summed E-state index contributed by atoms with van der Waals surface area (Å²) in [6.45, 7) is 7.47. The summed E-state index contributed by atoms with van der Waals surface area (Å²) in [4.78, 5) is 25.0. The predicted octanol–water partition coefficient (Wildman–Crippen LogP) is 4.54. The van der Waals surface area contributed by atoms with Gasteiger partial charge >= 0.3 is 0 Å². The maximum atomic E-state index is 12.6. The second-order valence-corrected chi connectivity index (χ2v) is 10.0. The molecule has 2 N–H and O–H groups in total. The Hall–Kier alpha value is -3.41. The lowest BCUT2D eigenvalue weighted by molar-refractivity contribution is -0.121. The smallest absolute Gasteiger partial charge is 0.251 e. The van der Waals surface area contributed by atoms with Crippen LogP contribution in [0.15, 0.2) is 60.8 Å². The first-order valence-corrected chi connectivity index (χ1v) is 12.1. The van der Waals surface area contributed by atoms with Gasteiger partial charge in [-0.25, -0.2) is 0 Å². The van der Waals surface area contributed by atoms with Crippen molar-refractivity contribution >= 4 is 11.8 Å². The molecule has 0 aliphatic heterocycles. The second-order valence-electron chi connectivity index (χ2n) is 10.0. The minimum atomic E-state index is -0.157. The van der Waals surface area contributed by atoms with E-state index in [1.165, 1.54) is 16.8 Å². The first-order chi connectivity index (χ1) is 16.3. The van der Waals surface area contributed by atoms with Crippen molar-refractivity contribution in [3.8, 4) is 0 Å². The van der Waals surface area contributed by atoms with Gasteiger partial charge in [0.05, 0.1) is 18.8 Å². The van der Waals surface area contributed by atoms with Crippen LogP contribution in [-0.4, -0.2) is 28.1 Å². The summed E-state index contributed by atoms with van der Waals surface area (Å²) in [6, 6.07) is 17.9. The summed E-state index contributed by atoms with van der Waals surface area (Å²) in [5, 5.41) is 10.6. The van der Waals surface area contributed by atoms with Gasteiger partial charge in [-0.2, -0.15) is 5.10 Å². The summed E-state index contributed by atoms with van der Waals surface area (Å²) < 4.78 is 2.05. The van der Waals surface area contributed by atoms with Crippen molar-refractivity contribution in [2.45, 2.75) is 64.5 Å². The predicted molar refractivity (Wildman–Crippen MR) is 134 cm³/mol. The summed E-state index contributed by atoms with van der Waals surface area (Å²) in [5.41, 5.74) is 5.36. The number of fused-ring (bicyclic) bond motifs is 1. The lowest BCUT2D eigenvalue weighted by Gasteiger charge is -2.24. The molecule has 1 atom stereocenters. The van der Waals surface area contributed by atoms with Crippen molar-refractivity contribution in [1.82, 2.24) is 20.4 Å². The van der Waals surface area contributed by atoms with Crippen molar-refractivity contribution in [2.75, 3.05) is 6.54 Å². The molecule has 2 aromatic carbocycles. The average molecular weight is 459 g/mol. The summed E-state index contributed by atoms with van der Waals surface area (Å²) in [5.74, 6) is -0.215. The van der Waals surface area contributed by atoms with Gasteiger partial charge in [-0.05, 0) is 47.9 Å². The minimum Gasteiger partial charge on any atom is -0.352 e. The van der Waals surface area contributed by atoms with Crippen LogP contribution in [0.25, 0.3) is 0 Å². The van der Waals surface area contributed by atoms with Gasteiger partial charge in [0.1, 0.15) is 0 Å². The number of carbonyl (C=O) groups is 2. The number of hydrogen-bond acceptors (Lipinski definition) is 3. The van der Waals surface area contributed by atoms with Gasteiger partial charge in [0.2, 0.25) is 5.91 Å². The first kappa shape index (κ1) is 23.7. The van der Waals surface area contributed by atoms with Crippen LogP contribution < -0.4 is 10.6 Å². The Bertz CT molecular complexity index is 1130. The fourth-order valence-electron chi connectivity index (χ4n) is 4.44. The zero-order chi connectivity index (χ0) is 24.1. The highest BCUT2D eigenvalue weighted by Gasteiger charge is 2.25. The number of aromatic nitrogens is 2. The molecule has 6 nitrogen and oxygen atoms in total. The minimum absolute atomic E-state index is 0.0265. The monoisotopic (exact) mass is 458 g/mol. The van der Waals surface area contributed by atoms with E-state index in [0.29, 0.717) is 12.1 Å². The van der Waals surface area contributed by atoms with E-state index in [4.69, 9.17) is 0 Å². The highest BCUT2D eigenvalue weighted by molar-refractivity contribution is 5.94. The molecule has 1 aromatic heterocycles. The standard InChI is InChI=1S/C28H34N4O2/c1-28(2,3)22-14-12-21(13-15-22)27(34)29-17-16-26(33)31-24-10-7-11-25-23(24)18-30-32(25)19-20-8-5-4-6-9-20/h4-6,8-9,12-15,18,24H,7,10-11,16-17,19H2,1-3H3,(H,29,34)(H,31,33). The van der Waals surface area contributed by atoms with E-state index in [-0.39, 0.29) is 29.7 Å². The zero-order valence-corrected chi connectivity index (χ0v) is 20.3. The van der Waals surface area contributed by atoms with Gasteiger partial charge in [0.25, 0.3) is 5.91 Å². The number of rotatable bonds is 7. The molecule has 0 radical (unpaired) electrons. The van der Waals surface area contributed by atoms with Crippen LogP contribution in [0, 0.1) is 0 Å². The maximum absolute atomic E-state index is 12.6. The molecule has 0 saturated carbocycles. The van der Waals surface area contributed by atoms with Crippen LogP contribution in [0.3, 0.4) is 0 Å². The fourth-order valence-corrected chi connectivity index (χ4v) is 4.44. The van der Waals surface area contributed by atoms with Crippen LogP contribution in [0.2, 0.25) is 0 Å². The highest BCUT2D eigenvalue weighted by atomic mass is 16.2. The summed E-state index contributed by atoms with van der Waals surface area (Å²) in [6.07, 6.45) is 5.03. The van der Waals surface area contributed by atoms with Crippen LogP contribution in [-0.2, 0) is 23.2 Å². The normalized spacial score (nSPS) is 15.4. The Morgan fingerprint density at radius 1 is 1.06 bits per heavy atom. The van der Waals surface area contributed by atoms with Crippen molar-refractivity contribution in [3.05, 3.63) is 88.7 Å². The Labute approximate surface area is 201 Å². The maximum Gasteiger partial charge on any atom is 0.251 e. The van der Waals surface area contributed by atoms with Gasteiger partial charge in [-0.15, -0.1) is 0 Å². The number of benzene rings is 2. The molecule has 6 heteroatoms. The van der Waals surface area contributed by atoms with Gasteiger partial charge < -0.3 is 10.6 Å². The molecule has 1 heterocycles. The number of hydrogen-bond donors (Lipinski definition) is 2. The van der Waals surface area contributed by atoms with Crippen LogP contribution in [0.1, 0.15) is 78.8 Å². The second kappa shape index (κ2) is 10.2. The molecule has 4 rings (SSSR count). The molecule has 1 aliphatic carbocycles. The van der Waals surface area contributed by atoms with E-state index in [0.717, 1.165) is 31.4 Å². The summed E-state index contributed by atoms with van der Waals surface area (Å²) in [7, 11) is 0. The molecular weight excluding hydrogens is 424 g/mol. The van der Waals surface area contributed by atoms with E-state index in [2.05, 4.69) is 48.6 Å². The van der Waals surface area contributed by atoms with E-state index >= 15 is 0 Å². The Kier molecular flexibility index (Phi) is 7.15. The Morgan fingerprint density at radius 2 is 1.79 bits per heavy atom. The van der Waals surface area contributed by atoms with Crippen molar-refractivity contribution in [1.29, 1.82) is 0 Å². The van der Waals surface area contributed by atoms with Gasteiger partial charge in [0, 0.05) is 29.8 Å². The molecule has 34 heavy (non-hydrogen) atoms. The molecule has 178 valence electrons. The first-order valence-electron chi connectivity index (χ1n) is 12.1. The molecule has 0 fully saturated rings. The van der Waals surface area contributed by atoms with Crippen molar-refractivity contribution < 1.29 is 9.59 Å². The third-order valence-corrected chi connectivity index (χ3v) is 6.42. The third kappa shape index (κ3) is 5.74. The van der Waals surface area contributed by atoms with E-state index in [1.54, 1.807) is 0 Å². The quantitative estimate of drug-likeness (QED) is 0.546. The number of nitrogens with one attached hydrogen (secondary N) is 2. The Morgan fingerprint density at radius 3 is 2.50 bits per heavy atom. The topological polar surface area (TPSA) is 76.0 Å². The lowest BCUT2D eigenvalue weighted by atomic mass is 9.87. The van der Waals surface area contributed by atoms with Gasteiger partial charge in [-0.3, -0.25) is 14.3 Å². The molecule has 0 saturated heterocycles. The van der Waals surface area contributed by atoms with E-state index in [1.807, 2.05) is 53.3 Å². The van der Waals surface area contributed by atoms with Gasteiger partial charge in [-0.1, -0.05) is 63.2 Å². The van der Waals surface area contributed by atoms with Crippen molar-refractivity contribution in [3.63, 3.8) is 0 Å². The number of nitrogens with zero attached hydrogens (tertiary/aromatic N) is 2. The van der Waals surface area contributed by atoms with Crippen molar-refractivity contribution in [2.24, 2.45) is 0 Å². The Balaban J connectivity index is 1.28. The van der Waals surface area contributed by atoms with Gasteiger partial charge in [0.15, 0.2) is 0 Å². The largest absolute Gasteiger partial charge is 0.352 e. The van der Waals surface area contributed by atoms with Crippen LogP contribution >= 0.6 is 0 Å². The molecule has 1 aliphatic rings. The molecule has 3 aromatic rings.